The van der Waals surface area contributed by atoms with Gasteiger partial charge in [-0.3, -0.25) is 0 Å². The fourth-order valence-electron chi connectivity index (χ4n) is 2.64. The lowest BCUT2D eigenvalue weighted by atomic mass is 9.98. The molecule has 3 rings (SSSR count). The van der Waals surface area contributed by atoms with E-state index in [1.807, 2.05) is 30.3 Å². The van der Waals surface area contributed by atoms with E-state index >= 15 is 0 Å². The normalized spacial score (nSPS) is 15.7. The van der Waals surface area contributed by atoms with Gasteiger partial charge in [0.15, 0.2) is 5.69 Å². The molecule has 1 aromatic carbocycles. The van der Waals surface area contributed by atoms with Crippen LogP contribution in [0.1, 0.15) is 23.3 Å². The molecule has 0 spiro atoms. The molecule has 0 amide bonds. The number of anilines is 1. The molecule has 6 heteroatoms. The monoisotopic (exact) mass is 318 g/mol. The van der Waals surface area contributed by atoms with Crippen LogP contribution in [0.4, 0.5) is 5.00 Å². The van der Waals surface area contributed by atoms with Crippen molar-refractivity contribution in [1.29, 1.82) is 0 Å². The standard InChI is InChI=1S/C16H18N2O3S/c19-16(20)14-15(22-11-17-14)18-8-6-12(7-9-18)10-21-13-4-2-1-3-5-13/h1-5,11-12H,6-10H2,(H,19,20). The Morgan fingerprint density at radius 2 is 2.05 bits per heavy atom. The van der Waals surface area contributed by atoms with Gasteiger partial charge in [-0.1, -0.05) is 18.2 Å². The van der Waals surface area contributed by atoms with Crippen molar-refractivity contribution < 1.29 is 14.6 Å². The summed E-state index contributed by atoms with van der Waals surface area (Å²) in [5.74, 6) is 0.462. The van der Waals surface area contributed by atoms with Crippen molar-refractivity contribution in [3.05, 3.63) is 41.5 Å². The molecule has 1 aromatic heterocycles. The van der Waals surface area contributed by atoms with Crippen molar-refractivity contribution in [2.24, 2.45) is 5.92 Å². The number of nitrogens with zero attached hydrogens (tertiary/aromatic N) is 2. The SMILES string of the molecule is O=C(O)c1ncsc1N1CCC(COc2ccccc2)CC1. The fraction of sp³-hybridized carbons (Fsp3) is 0.375. The number of carboxylic acids is 1. The van der Waals surface area contributed by atoms with Crippen LogP contribution in [-0.2, 0) is 0 Å². The van der Waals surface area contributed by atoms with Crippen LogP contribution in [0.25, 0.3) is 0 Å². The van der Waals surface area contributed by atoms with Crippen molar-refractivity contribution in [3.8, 4) is 5.75 Å². The van der Waals surface area contributed by atoms with Gasteiger partial charge >= 0.3 is 5.97 Å². The largest absolute Gasteiger partial charge is 0.493 e. The molecule has 0 aliphatic carbocycles. The zero-order valence-electron chi connectivity index (χ0n) is 12.1. The van der Waals surface area contributed by atoms with Crippen molar-refractivity contribution >= 4 is 22.3 Å². The Balaban J connectivity index is 1.52. The molecule has 0 unspecified atom stereocenters. The molecule has 5 nitrogen and oxygen atoms in total. The number of ether oxygens (including phenoxy) is 1. The smallest absolute Gasteiger partial charge is 0.357 e. The third-order valence-corrected chi connectivity index (χ3v) is 4.77. The molecule has 1 aliphatic heterocycles. The number of thiazole rings is 1. The van der Waals surface area contributed by atoms with E-state index in [0.29, 0.717) is 12.5 Å². The summed E-state index contributed by atoms with van der Waals surface area (Å²) in [5.41, 5.74) is 1.77. The Morgan fingerprint density at radius 3 is 2.73 bits per heavy atom. The minimum atomic E-state index is -0.953. The Kier molecular flexibility index (Phi) is 4.58. The molecule has 2 aromatic rings. The molecule has 0 radical (unpaired) electrons. The van der Waals surface area contributed by atoms with Crippen molar-refractivity contribution in [1.82, 2.24) is 4.98 Å². The predicted molar refractivity (Wildman–Crippen MR) is 85.9 cm³/mol. The van der Waals surface area contributed by atoms with Crippen LogP contribution in [0.2, 0.25) is 0 Å². The van der Waals surface area contributed by atoms with Gasteiger partial charge in [0.25, 0.3) is 0 Å². The lowest BCUT2D eigenvalue weighted by Crippen LogP contribution is -2.35. The van der Waals surface area contributed by atoms with Crippen molar-refractivity contribution in [2.75, 3.05) is 24.6 Å². The number of aromatic carboxylic acids is 1. The Morgan fingerprint density at radius 1 is 1.32 bits per heavy atom. The van der Waals surface area contributed by atoms with Crippen LogP contribution in [0.5, 0.6) is 5.75 Å². The molecular weight excluding hydrogens is 300 g/mol. The van der Waals surface area contributed by atoms with Gasteiger partial charge in [0.05, 0.1) is 12.1 Å². The third kappa shape index (κ3) is 3.39. The van der Waals surface area contributed by atoms with E-state index in [0.717, 1.165) is 36.7 Å². The fourth-order valence-corrected chi connectivity index (χ4v) is 3.49. The third-order valence-electron chi connectivity index (χ3n) is 3.88. The van der Waals surface area contributed by atoms with Gasteiger partial charge in [0.1, 0.15) is 10.8 Å². The average Bonchev–Trinajstić information content (AvgIpc) is 3.04. The molecule has 0 bridgehead atoms. The first-order valence-electron chi connectivity index (χ1n) is 7.33. The zero-order valence-corrected chi connectivity index (χ0v) is 13.0. The Bertz CT molecular complexity index is 621. The number of carboxylic acid groups (broad SMARTS) is 1. The summed E-state index contributed by atoms with van der Waals surface area (Å²) in [7, 11) is 0. The first-order valence-corrected chi connectivity index (χ1v) is 8.21. The maximum absolute atomic E-state index is 11.1. The summed E-state index contributed by atoms with van der Waals surface area (Å²) in [5, 5.41) is 9.92. The van der Waals surface area contributed by atoms with Gasteiger partial charge in [0, 0.05) is 13.1 Å². The first-order chi connectivity index (χ1) is 10.7. The summed E-state index contributed by atoms with van der Waals surface area (Å²) in [4.78, 5) is 17.2. The molecular formula is C16H18N2O3S. The number of benzene rings is 1. The summed E-state index contributed by atoms with van der Waals surface area (Å²) in [6.07, 6.45) is 2.01. The maximum Gasteiger partial charge on any atom is 0.357 e. The summed E-state index contributed by atoms with van der Waals surface area (Å²) < 4.78 is 5.81. The maximum atomic E-state index is 11.1. The molecule has 0 atom stereocenters. The molecule has 116 valence electrons. The highest BCUT2D eigenvalue weighted by atomic mass is 32.1. The number of rotatable bonds is 5. The molecule has 1 N–H and O–H groups in total. The number of para-hydroxylation sites is 1. The summed E-state index contributed by atoms with van der Waals surface area (Å²) in [6.45, 7) is 2.42. The topological polar surface area (TPSA) is 62.7 Å². The number of hydrogen-bond donors (Lipinski definition) is 1. The highest BCUT2D eigenvalue weighted by Crippen LogP contribution is 2.30. The number of hydrogen-bond acceptors (Lipinski definition) is 5. The zero-order chi connectivity index (χ0) is 15.4. The molecule has 1 saturated heterocycles. The second-order valence-electron chi connectivity index (χ2n) is 5.37. The van der Waals surface area contributed by atoms with Gasteiger partial charge in [-0.25, -0.2) is 9.78 Å². The minimum absolute atomic E-state index is 0.170. The van der Waals surface area contributed by atoms with E-state index in [1.165, 1.54) is 11.3 Å². The molecule has 1 fully saturated rings. The van der Waals surface area contributed by atoms with Gasteiger partial charge in [-0.15, -0.1) is 11.3 Å². The number of carbonyl (C=O) groups is 1. The highest BCUT2D eigenvalue weighted by molar-refractivity contribution is 7.14. The van der Waals surface area contributed by atoms with Crippen LogP contribution in [-0.4, -0.2) is 35.8 Å². The van der Waals surface area contributed by atoms with E-state index in [9.17, 15) is 4.79 Å². The summed E-state index contributed by atoms with van der Waals surface area (Å²) >= 11 is 1.40. The predicted octanol–water partition coefficient (Wildman–Crippen LogP) is 3.14. The first kappa shape index (κ1) is 14.8. The molecule has 0 saturated carbocycles. The van der Waals surface area contributed by atoms with E-state index in [4.69, 9.17) is 9.84 Å². The Labute approximate surface area is 133 Å². The second kappa shape index (κ2) is 6.79. The van der Waals surface area contributed by atoms with Gasteiger partial charge in [-0.2, -0.15) is 0 Å². The minimum Gasteiger partial charge on any atom is -0.493 e. The van der Waals surface area contributed by atoms with Crippen LogP contribution >= 0.6 is 11.3 Å². The van der Waals surface area contributed by atoms with Crippen molar-refractivity contribution in [3.63, 3.8) is 0 Å². The molecule has 1 aliphatic rings. The van der Waals surface area contributed by atoms with Gasteiger partial charge < -0.3 is 14.7 Å². The second-order valence-corrected chi connectivity index (χ2v) is 6.20. The number of aromatic nitrogens is 1. The van der Waals surface area contributed by atoms with Crippen LogP contribution in [0.3, 0.4) is 0 Å². The van der Waals surface area contributed by atoms with E-state index < -0.39 is 5.97 Å². The van der Waals surface area contributed by atoms with Crippen LogP contribution < -0.4 is 9.64 Å². The van der Waals surface area contributed by atoms with E-state index in [2.05, 4.69) is 9.88 Å². The molecule has 22 heavy (non-hydrogen) atoms. The average molecular weight is 318 g/mol. The van der Waals surface area contributed by atoms with Crippen LogP contribution in [0, 0.1) is 5.92 Å². The van der Waals surface area contributed by atoms with Gasteiger partial charge in [0.2, 0.25) is 0 Å². The van der Waals surface area contributed by atoms with E-state index in [1.54, 1.807) is 5.51 Å². The van der Waals surface area contributed by atoms with Crippen LogP contribution in [0.15, 0.2) is 35.8 Å². The lowest BCUT2D eigenvalue weighted by molar-refractivity contribution is 0.0692. The Hall–Kier alpha value is -2.08. The highest BCUT2D eigenvalue weighted by Gasteiger charge is 2.25. The summed E-state index contributed by atoms with van der Waals surface area (Å²) in [6, 6.07) is 9.84. The van der Waals surface area contributed by atoms with Gasteiger partial charge in [-0.05, 0) is 30.9 Å². The lowest BCUT2D eigenvalue weighted by Gasteiger charge is -2.32. The molecule has 2 heterocycles. The number of piperidine rings is 1. The quantitative estimate of drug-likeness (QED) is 0.917. The van der Waals surface area contributed by atoms with E-state index in [-0.39, 0.29) is 5.69 Å². The van der Waals surface area contributed by atoms with Crippen molar-refractivity contribution in [2.45, 2.75) is 12.8 Å².